The molecular formula is C18H12BrCl2NO2. The molecule has 0 bridgehead atoms. The molecule has 0 aliphatic carbocycles. The van der Waals surface area contributed by atoms with Gasteiger partial charge in [-0.15, -0.1) is 0 Å². The number of benzene rings is 2. The van der Waals surface area contributed by atoms with E-state index < -0.39 is 0 Å². The van der Waals surface area contributed by atoms with Crippen molar-refractivity contribution in [2.45, 2.75) is 6.54 Å². The van der Waals surface area contributed by atoms with Gasteiger partial charge in [-0.1, -0.05) is 51.3 Å². The van der Waals surface area contributed by atoms with Crippen LogP contribution >= 0.6 is 39.1 Å². The highest BCUT2D eigenvalue weighted by Crippen LogP contribution is 2.24. The lowest BCUT2D eigenvalue weighted by atomic mass is 10.2. The van der Waals surface area contributed by atoms with Gasteiger partial charge in [0.2, 0.25) is 0 Å². The number of halogens is 3. The first kappa shape index (κ1) is 17.1. The van der Waals surface area contributed by atoms with E-state index in [0.717, 1.165) is 15.8 Å². The molecule has 0 fully saturated rings. The van der Waals surface area contributed by atoms with E-state index in [1.807, 2.05) is 36.4 Å². The van der Waals surface area contributed by atoms with Crippen molar-refractivity contribution in [1.82, 2.24) is 5.32 Å². The SMILES string of the molecule is O=C(NCc1ccc(-c2ccc(Br)cc2)o1)c1ccc(Cl)cc1Cl. The summed E-state index contributed by atoms with van der Waals surface area (Å²) in [6.07, 6.45) is 0. The second kappa shape index (κ2) is 7.43. The van der Waals surface area contributed by atoms with Crippen molar-refractivity contribution in [2.75, 3.05) is 0 Å². The molecule has 1 heterocycles. The van der Waals surface area contributed by atoms with Gasteiger partial charge in [0, 0.05) is 15.1 Å². The monoisotopic (exact) mass is 423 g/mol. The average Bonchev–Trinajstić information content (AvgIpc) is 3.02. The van der Waals surface area contributed by atoms with Crippen LogP contribution in [0.15, 0.2) is 63.5 Å². The molecule has 6 heteroatoms. The summed E-state index contributed by atoms with van der Waals surface area (Å²) < 4.78 is 6.77. The molecule has 24 heavy (non-hydrogen) atoms. The van der Waals surface area contributed by atoms with Crippen molar-refractivity contribution >= 4 is 45.0 Å². The van der Waals surface area contributed by atoms with Crippen molar-refractivity contribution in [3.8, 4) is 11.3 Å². The van der Waals surface area contributed by atoms with E-state index in [2.05, 4.69) is 21.2 Å². The Hall–Kier alpha value is -1.75. The van der Waals surface area contributed by atoms with E-state index in [9.17, 15) is 4.79 Å². The average molecular weight is 425 g/mol. The quantitative estimate of drug-likeness (QED) is 0.562. The summed E-state index contributed by atoms with van der Waals surface area (Å²) in [6, 6.07) is 16.3. The molecule has 0 aliphatic rings. The van der Waals surface area contributed by atoms with Gasteiger partial charge in [0.15, 0.2) is 0 Å². The van der Waals surface area contributed by atoms with Crippen LogP contribution in [0.3, 0.4) is 0 Å². The molecule has 0 radical (unpaired) electrons. The van der Waals surface area contributed by atoms with E-state index in [1.165, 1.54) is 6.07 Å². The minimum absolute atomic E-state index is 0.272. The lowest BCUT2D eigenvalue weighted by Gasteiger charge is -2.05. The third kappa shape index (κ3) is 4.01. The van der Waals surface area contributed by atoms with Crippen LogP contribution in [0.5, 0.6) is 0 Å². The summed E-state index contributed by atoms with van der Waals surface area (Å²) in [6.45, 7) is 0.272. The van der Waals surface area contributed by atoms with Gasteiger partial charge in [0.25, 0.3) is 5.91 Å². The van der Waals surface area contributed by atoms with Crippen LogP contribution in [0.25, 0.3) is 11.3 Å². The summed E-state index contributed by atoms with van der Waals surface area (Å²) in [4.78, 5) is 12.2. The van der Waals surface area contributed by atoms with Crippen LogP contribution in [-0.4, -0.2) is 5.91 Å². The molecule has 0 unspecified atom stereocenters. The molecule has 3 aromatic rings. The van der Waals surface area contributed by atoms with Crippen molar-refractivity contribution in [3.63, 3.8) is 0 Å². The molecule has 0 atom stereocenters. The highest BCUT2D eigenvalue weighted by atomic mass is 79.9. The zero-order chi connectivity index (χ0) is 17.1. The molecule has 0 aliphatic heterocycles. The van der Waals surface area contributed by atoms with E-state index in [1.54, 1.807) is 12.1 Å². The first-order chi connectivity index (χ1) is 11.5. The predicted molar refractivity (Wildman–Crippen MR) is 99.5 cm³/mol. The van der Waals surface area contributed by atoms with Crippen LogP contribution < -0.4 is 5.32 Å². The van der Waals surface area contributed by atoms with Crippen LogP contribution in [0.4, 0.5) is 0 Å². The topological polar surface area (TPSA) is 42.2 Å². The largest absolute Gasteiger partial charge is 0.459 e. The Bertz CT molecular complexity index is 875. The number of carbonyl (C=O) groups excluding carboxylic acids is 1. The van der Waals surface area contributed by atoms with E-state index in [0.29, 0.717) is 21.4 Å². The Morgan fingerprint density at radius 3 is 2.50 bits per heavy atom. The third-order valence-electron chi connectivity index (χ3n) is 3.39. The van der Waals surface area contributed by atoms with Gasteiger partial charge in [0.05, 0.1) is 17.1 Å². The maximum absolute atomic E-state index is 12.2. The normalized spacial score (nSPS) is 10.6. The Labute approximate surface area is 157 Å². The Kier molecular flexibility index (Phi) is 5.29. The molecule has 122 valence electrons. The van der Waals surface area contributed by atoms with Gasteiger partial charge in [-0.05, 0) is 42.5 Å². The molecule has 1 amide bonds. The Morgan fingerprint density at radius 1 is 1.04 bits per heavy atom. The minimum atomic E-state index is -0.279. The first-order valence-corrected chi connectivity index (χ1v) is 8.66. The fourth-order valence-corrected chi connectivity index (χ4v) is 2.94. The van der Waals surface area contributed by atoms with Gasteiger partial charge in [-0.3, -0.25) is 4.79 Å². The smallest absolute Gasteiger partial charge is 0.253 e. The summed E-state index contributed by atoms with van der Waals surface area (Å²) in [7, 11) is 0. The summed E-state index contributed by atoms with van der Waals surface area (Å²) in [5, 5.41) is 3.58. The Morgan fingerprint density at radius 2 is 1.79 bits per heavy atom. The first-order valence-electron chi connectivity index (χ1n) is 7.11. The van der Waals surface area contributed by atoms with Crippen molar-refractivity contribution in [1.29, 1.82) is 0 Å². The number of hydrogen-bond donors (Lipinski definition) is 1. The van der Waals surface area contributed by atoms with Crippen LogP contribution in [0.1, 0.15) is 16.1 Å². The number of hydrogen-bond acceptors (Lipinski definition) is 2. The molecular weight excluding hydrogens is 413 g/mol. The zero-order valence-corrected chi connectivity index (χ0v) is 15.5. The zero-order valence-electron chi connectivity index (χ0n) is 12.4. The van der Waals surface area contributed by atoms with Gasteiger partial charge in [-0.25, -0.2) is 0 Å². The number of rotatable bonds is 4. The van der Waals surface area contributed by atoms with Gasteiger partial charge in [-0.2, -0.15) is 0 Å². The second-order valence-electron chi connectivity index (χ2n) is 5.08. The summed E-state index contributed by atoms with van der Waals surface area (Å²) >= 11 is 15.3. The lowest BCUT2D eigenvalue weighted by Crippen LogP contribution is -2.22. The molecule has 0 spiro atoms. The fraction of sp³-hybridized carbons (Fsp3) is 0.0556. The molecule has 1 aromatic heterocycles. The maximum Gasteiger partial charge on any atom is 0.253 e. The van der Waals surface area contributed by atoms with Gasteiger partial charge in [0.1, 0.15) is 11.5 Å². The van der Waals surface area contributed by atoms with Crippen LogP contribution in [0.2, 0.25) is 10.0 Å². The minimum Gasteiger partial charge on any atom is -0.459 e. The summed E-state index contributed by atoms with van der Waals surface area (Å²) in [5.74, 6) is 1.13. The third-order valence-corrected chi connectivity index (χ3v) is 4.47. The standard InChI is InChI=1S/C18H12BrCl2NO2/c19-12-3-1-11(2-4-12)17-8-6-14(24-17)10-22-18(23)15-7-5-13(20)9-16(15)21/h1-9H,10H2,(H,22,23). The molecule has 3 rings (SSSR count). The summed E-state index contributed by atoms with van der Waals surface area (Å²) in [5.41, 5.74) is 1.34. The lowest BCUT2D eigenvalue weighted by molar-refractivity contribution is 0.0948. The predicted octanol–water partition coefficient (Wildman–Crippen LogP) is 5.95. The highest BCUT2D eigenvalue weighted by molar-refractivity contribution is 9.10. The molecule has 1 N–H and O–H groups in total. The number of amides is 1. The number of furan rings is 1. The molecule has 0 saturated carbocycles. The maximum atomic E-state index is 12.2. The van der Waals surface area contributed by atoms with Crippen molar-refractivity contribution in [3.05, 3.63) is 80.4 Å². The van der Waals surface area contributed by atoms with Crippen LogP contribution in [0, 0.1) is 0 Å². The fourth-order valence-electron chi connectivity index (χ4n) is 2.18. The second-order valence-corrected chi connectivity index (χ2v) is 6.84. The van der Waals surface area contributed by atoms with Crippen molar-refractivity contribution in [2.24, 2.45) is 0 Å². The molecule has 3 nitrogen and oxygen atoms in total. The molecule has 2 aromatic carbocycles. The van der Waals surface area contributed by atoms with Crippen molar-refractivity contribution < 1.29 is 9.21 Å². The number of nitrogens with one attached hydrogen (secondary N) is 1. The van der Waals surface area contributed by atoms with Gasteiger partial charge < -0.3 is 9.73 Å². The van der Waals surface area contributed by atoms with E-state index in [-0.39, 0.29) is 12.5 Å². The van der Waals surface area contributed by atoms with Gasteiger partial charge >= 0.3 is 0 Å². The molecule has 0 saturated heterocycles. The van der Waals surface area contributed by atoms with Crippen LogP contribution in [-0.2, 0) is 6.54 Å². The van der Waals surface area contributed by atoms with E-state index >= 15 is 0 Å². The number of carbonyl (C=O) groups is 1. The van der Waals surface area contributed by atoms with E-state index in [4.69, 9.17) is 27.6 Å². The Balaban J connectivity index is 1.67. The highest BCUT2D eigenvalue weighted by Gasteiger charge is 2.12.